The third kappa shape index (κ3) is 8.26. The third-order valence-electron chi connectivity index (χ3n) is 4.27. The van der Waals surface area contributed by atoms with Gasteiger partial charge in [-0.25, -0.2) is 0 Å². The third-order valence-corrected chi connectivity index (χ3v) is 4.27. The van der Waals surface area contributed by atoms with Gasteiger partial charge in [-0.3, -0.25) is 0 Å². The van der Waals surface area contributed by atoms with Gasteiger partial charge in [0.2, 0.25) is 0 Å². The predicted octanol–water partition coefficient (Wildman–Crippen LogP) is 6.26. The van der Waals surface area contributed by atoms with E-state index in [4.69, 9.17) is 0 Å². The lowest BCUT2D eigenvalue weighted by molar-refractivity contribution is 0.395. The number of hydrogen-bond donors (Lipinski definition) is 1. The summed E-state index contributed by atoms with van der Waals surface area (Å²) in [6.07, 6.45) is 12.0. The molecule has 0 heterocycles. The van der Waals surface area contributed by atoms with Crippen LogP contribution in [-0.2, 0) is 0 Å². The summed E-state index contributed by atoms with van der Waals surface area (Å²) in [4.78, 5) is 0. The largest absolute Gasteiger partial charge is 0.307 e. The molecule has 1 aromatic carbocycles. The first kappa shape index (κ1) is 18.2. The molecule has 0 aliphatic rings. The van der Waals surface area contributed by atoms with Gasteiger partial charge in [0.05, 0.1) is 0 Å². The Morgan fingerprint density at radius 2 is 1.43 bits per heavy atom. The first-order valence-electron chi connectivity index (χ1n) is 9.08. The maximum absolute atomic E-state index is 3.87. The molecule has 0 saturated carbocycles. The molecular weight excluding hydrogens is 254 g/mol. The Morgan fingerprint density at radius 1 is 0.810 bits per heavy atom. The van der Waals surface area contributed by atoms with Crippen LogP contribution in [0.1, 0.15) is 90.2 Å². The van der Waals surface area contributed by atoms with E-state index >= 15 is 0 Å². The van der Waals surface area contributed by atoms with Crippen molar-refractivity contribution in [1.82, 2.24) is 5.32 Å². The van der Waals surface area contributed by atoms with Gasteiger partial charge in [-0.05, 0) is 25.3 Å². The Labute approximate surface area is 132 Å². The van der Waals surface area contributed by atoms with Crippen LogP contribution in [0.15, 0.2) is 30.3 Å². The molecule has 0 saturated heterocycles. The van der Waals surface area contributed by atoms with Gasteiger partial charge in [0.25, 0.3) is 0 Å². The van der Waals surface area contributed by atoms with Crippen LogP contribution in [0.4, 0.5) is 0 Å². The van der Waals surface area contributed by atoms with Crippen molar-refractivity contribution in [1.29, 1.82) is 0 Å². The molecule has 0 aliphatic carbocycles. The van der Waals surface area contributed by atoms with Crippen LogP contribution in [-0.4, -0.2) is 6.04 Å². The van der Waals surface area contributed by atoms with Gasteiger partial charge in [0.15, 0.2) is 0 Å². The summed E-state index contributed by atoms with van der Waals surface area (Å²) in [5, 5.41) is 3.87. The summed E-state index contributed by atoms with van der Waals surface area (Å²) in [6, 6.07) is 12.1. The first-order valence-corrected chi connectivity index (χ1v) is 9.08. The second kappa shape index (κ2) is 11.8. The van der Waals surface area contributed by atoms with E-state index in [-0.39, 0.29) is 0 Å². The average Bonchev–Trinajstić information content (AvgIpc) is 2.52. The minimum Gasteiger partial charge on any atom is -0.307 e. The smallest absolute Gasteiger partial charge is 0.0322 e. The summed E-state index contributed by atoms with van der Waals surface area (Å²) in [7, 11) is 0. The Balaban J connectivity index is 2.44. The monoisotopic (exact) mass is 289 g/mol. The molecule has 0 bridgehead atoms. The average molecular weight is 290 g/mol. The highest BCUT2D eigenvalue weighted by Crippen LogP contribution is 2.21. The number of nitrogens with one attached hydrogen (secondary N) is 1. The van der Waals surface area contributed by atoms with E-state index in [1.165, 1.54) is 63.4 Å². The maximum atomic E-state index is 3.87. The molecule has 1 N–H and O–H groups in total. The molecule has 1 heteroatoms. The highest BCUT2D eigenvalue weighted by atomic mass is 14.9. The zero-order valence-electron chi connectivity index (χ0n) is 14.4. The minimum atomic E-state index is 0.527. The fourth-order valence-corrected chi connectivity index (χ4v) is 2.93. The van der Waals surface area contributed by atoms with Crippen LogP contribution in [0.5, 0.6) is 0 Å². The second-order valence-corrected chi connectivity index (χ2v) is 6.38. The van der Waals surface area contributed by atoms with Gasteiger partial charge in [0.1, 0.15) is 0 Å². The van der Waals surface area contributed by atoms with Crippen LogP contribution in [0.25, 0.3) is 0 Å². The number of unbranched alkanes of at least 4 members (excludes halogenated alkanes) is 5. The van der Waals surface area contributed by atoms with Crippen LogP contribution >= 0.6 is 0 Å². The van der Waals surface area contributed by atoms with Crippen molar-refractivity contribution in [2.24, 2.45) is 0 Å². The number of rotatable bonds is 12. The molecule has 120 valence electrons. The highest BCUT2D eigenvalue weighted by molar-refractivity contribution is 5.18. The molecule has 2 unspecified atom stereocenters. The van der Waals surface area contributed by atoms with Crippen molar-refractivity contribution in [2.75, 3.05) is 0 Å². The van der Waals surface area contributed by atoms with E-state index in [1.54, 1.807) is 0 Å². The zero-order valence-corrected chi connectivity index (χ0v) is 14.4. The zero-order chi connectivity index (χ0) is 15.3. The molecule has 1 nitrogen and oxygen atoms in total. The lowest BCUT2D eigenvalue weighted by Crippen LogP contribution is -2.30. The van der Waals surface area contributed by atoms with Crippen molar-refractivity contribution in [3.63, 3.8) is 0 Å². The normalized spacial score (nSPS) is 14.0. The molecule has 1 aromatic rings. The van der Waals surface area contributed by atoms with Gasteiger partial charge in [-0.2, -0.15) is 0 Å². The topological polar surface area (TPSA) is 12.0 Å². The van der Waals surface area contributed by atoms with Gasteiger partial charge in [-0.15, -0.1) is 0 Å². The second-order valence-electron chi connectivity index (χ2n) is 6.38. The van der Waals surface area contributed by atoms with Gasteiger partial charge in [-0.1, -0.05) is 89.1 Å². The van der Waals surface area contributed by atoms with E-state index in [0.717, 1.165) is 0 Å². The summed E-state index contributed by atoms with van der Waals surface area (Å²) in [6.45, 7) is 6.91. The Morgan fingerprint density at radius 3 is 2.10 bits per heavy atom. The first-order chi connectivity index (χ1) is 10.3. The standard InChI is InChI=1S/C20H35N/c1-4-6-8-11-14-18(3)21-20(17-10-7-5-2)19-15-12-9-13-16-19/h9,12-13,15-16,18,20-21H,4-8,10-11,14,17H2,1-3H3. The lowest BCUT2D eigenvalue weighted by atomic mass is 9.98. The fraction of sp³-hybridized carbons (Fsp3) is 0.700. The van der Waals surface area contributed by atoms with E-state index in [2.05, 4.69) is 56.4 Å². The van der Waals surface area contributed by atoms with Crippen molar-refractivity contribution in [2.45, 2.75) is 90.6 Å². The van der Waals surface area contributed by atoms with Crippen LogP contribution in [0.3, 0.4) is 0 Å². The van der Waals surface area contributed by atoms with Crippen LogP contribution in [0.2, 0.25) is 0 Å². The molecule has 1 rings (SSSR count). The summed E-state index contributed by atoms with van der Waals surface area (Å²) in [5.41, 5.74) is 1.45. The van der Waals surface area contributed by atoms with E-state index in [9.17, 15) is 0 Å². The van der Waals surface area contributed by atoms with Gasteiger partial charge < -0.3 is 5.32 Å². The molecule has 0 aromatic heterocycles. The molecule has 0 spiro atoms. The predicted molar refractivity (Wildman–Crippen MR) is 94.7 cm³/mol. The van der Waals surface area contributed by atoms with E-state index < -0.39 is 0 Å². The molecule has 0 aliphatic heterocycles. The van der Waals surface area contributed by atoms with Crippen LogP contribution in [0, 0.1) is 0 Å². The van der Waals surface area contributed by atoms with Crippen molar-refractivity contribution in [3.05, 3.63) is 35.9 Å². The maximum Gasteiger partial charge on any atom is 0.0322 e. The van der Waals surface area contributed by atoms with E-state index in [0.29, 0.717) is 12.1 Å². The summed E-state index contributed by atoms with van der Waals surface area (Å²) in [5.74, 6) is 0. The molecule has 0 radical (unpaired) electrons. The lowest BCUT2D eigenvalue weighted by Gasteiger charge is -2.24. The fourth-order valence-electron chi connectivity index (χ4n) is 2.93. The Hall–Kier alpha value is -0.820. The number of benzene rings is 1. The van der Waals surface area contributed by atoms with Gasteiger partial charge in [0, 0.05) is 12.1 Å². The highest BCUT2D eigenvalue weighted by Gasteiger charge is 2.13. The number of hydrogen-bond acceptors (Lipinski definition) is 1. The van der Waals surface area contributed by atoms with Gasteiger partial charge >= 0.3 is 0 Å². The quantitative estimate of drug-likeness (QED) is 0.448. The van der Waals surface area contributed by atoms with Crippen molar-refractivity contribution >= 4 is 0 Å². The Kier molecular flexibility index (Phi) is 10.2. The molecular formula is C20H35N. The van der Waals surface area contributed by atoms with Crippen LogP contribution < -0.4 is 5.32 Å². The minimum absolute atomic E-state index is 0.527. The molecule has 21 heavy (non-hydrogen) atoms. The van der Waals surface area contributed by atoms with E-state index in [1.807, 2.05) is 0 Å². The molecule has 0 amide bonds. The summed E-state index contributed by atoms with van der Waals surface area (Å²) < 4.78 is 0. The Bertz CT molecular complexity index is 333. The summed E-state index contributed by atoms with van der Waals surface area (Å²) >= 11 is 0. The SMILES string of the molecule is CCCCCCC(C)NC(CCCCC)c1ccccc1. The van der Waals surface area contributed by atoms with Crippen molar-refractivity contribution in [3.8, 4) is 0 Å². The molecule has 2 atom stereocenters. The molecule has 0 fully saturated rings. The van der Waals surface area contributed by atoms with Crippen molar-refractivity contribution < 1.29 is 0 Å².